The Morgan fingerprint density at radius 3 is 2.62 bits per heavy atom. The molecule has 2 aromatic rings. The third-order valence-electron chi connectivity index (χ3n) is 9.07. The number of aromatic amines is 1. The van der Waals surface area contributed by atoms with Crippen LogP contribution >= 0.6 is 0 Å². The number of ether oxygens (including phenoxy) is 1. The molecule has 1 saturated heterocycles. The number of amides is 1. The van der Waals surface area contributed by atoms with Gasteiger partial charge in [0.2, 0.25) is 5.91 Å². The van der Waals surface area contributed by atoms with Gasteiger partial charge < -0.3 is 19.9 Å². The number of unbranched alkanes of at least 4 members (excludes halogenated alkanes) is 2. The molecule has 1 spiro atoms. The topological polar surface area (TPSA) is 87.3 Å². The Labute approximate surface area is 234 Å². The molecule has 2 N–H and O–H groups in total. The molecule has 1 amide bonds. The number of carbonyl (C=O) groups excluding carboxylic acids is 2. The molecule has 7 nitrogen and oxygen atoms in total. The van der Waals surface area contributed by atoms with Crippen molar-refractivity contribution >= 4 is 11.7 Å². The maximum absolute atomic E-state index is 13.5. The molecule has 0 unspecified atom stereocenters. The van der Waals surface area contributed by atoms with Crippen molar-refractivity contribution in [2.45, 2.75) is 97.4 Å². The second-order valence-corrected chi connectivity index (χ2v) is 11.9. The predicted molar refractivity (Wildman–Crippen MR) is 156 cm³/mol. The summed E-state index contributed by atoms with van der Waals surface area (Å²) >= 11 is 0. The number of methoxy groups -OCH3 is 1. The van der Waals surface area contributed by atoms with Gasteiger partial charge in [-0.25, -0.2) is 4.98 Å². The van der Waals surface area contributed by atoms with E-state index < -0.39 is 0 Å². The Hall–Kier alpha value is -2.67. The molecular weight excluding hydrogens is 488 g/mol. The first-order chi connectivity index (χ1) is 18.8. The fourth-order valence-electron chi connectivity index (χ4n) is 6.11. The van der Waals surface area contributed by atoms with E-state index in [1.54, 1.807) is 7.11 Å². The number of carbonyl (C=O) groups is 2. The highest BCUT2D eigenvalue weighted by atomic mass is 16.5. The molecule has 2 fully saturated rings. The van der Waals surface area contributed by atoms with E-state index in [1.807, 2.05) is 19.2 Å². The van der Waals surface area contributed by atoms with Gasteiger partial charge in [0.15, 0.2) is 0 Å². The van der Waals surface area contributed by atoms with E-state index in [1.165, 1.54) is 5.56 Å². The zero-order chi connectivity index (χ0) is 28.0. The Bertz CT molecular complexity index is 1120. The quantitative estimate of drug-likeness (QED) is 0.272. The number of hydrogen-bond acceptors (Lipinski definition) is 5. The second kappa shape index (κ2) is 13.1. The van der Waals surface area contributed by atoms with Gasteiger partial charge in [0.25, 0.3) is 0 Å². The summed E-state index contributed by atoms with van der Waals surface area (Å²) in [6.07, 6.45) is 9.94. The lowest BCUT2D eigenvalue weighted by Crippen LogP contribution is -2.37. The number of H-pyrrole nitrogens is 1. The number of benzene rings is 1. The molecule has 4 rings (SSSR count). The van der Waals surface area contributed by atoms with Crippen molar-refractivity contribution in [1.82, 2.24) is 20.2 Å². The fraction of sp³-hybridized carbons (Fsp3) is 0.656. The summed E-state index contributed by atoms with van der Waals surface area (Å²) in [7, 11) is 1.69. The van der Waals surface area contributed by atoms with Crippen molar-refractivity contribution in [2.24, 2.45) is 11.3 Å². The fourth-order valence-corrected chi connectivity index (χ4v) is 6.11. The van der Waals surface area contributed by atoms with Gasteiger partial charge in [-0.3, -0.25) is 9.59 Å². The number of rotatable bonds is 14. The first-order valence-electron chi connectivity index (χ1n) is 15.1. The molecule has 39 heavy (non-hydrogen) atoms. The zero-order valence-corrected chi connectivity index (χ0v) is 24.6. The first kappa shape index (κ1) is 29.3. The number of nitrogens with one attached hydrogen (secondary N) is 2. The van der Waals surface area contributed by atoms with Crippen molar-refractivity contribution < 1.29 is 14.3 Å². The summed E-state index contributed by atoms with van der Waals surface area (Å²) in [6.45, 7) is 11.8. The van der Waals surface area contributed by atoms with Crippen LogP contribution < -0.4 is 10.1 Å². The molecule has 1 saturated carbocycles. The van der Waals surface area contributed by atoms with Gasteiger partial charge in [-0.15, -0.1) is 0 Å². The Balaban J connectivity index is 1.47. The maximum atomic E-state index is 13.5. The summed E-state index contributed by atoms with van der Waals surface area (Å²) < 4.78 is 5.66. The van der Waals surface area contributed by atoms with Crippen LogP contribution in [0, 0.1) is 11.3 Å². The monoisotopic (exact) mass is 536 g/mol. The molecule has 2 heterocycles. The molecule has 0 radical (unpaired) electrons. The summed E-state index contributed by atoms with van der Waals surface area (Å²) in [5.74, 6) is 2.59. The van der Waals surface area contributed by atoms with Gasteiger partial charge in [-0.2, -0.15) is 0 Å². The number of Topliss-reactive ketones (excluding diaryl/α,β-unsaturated/α-hetero) is 1. The first-order valence-corrected chi connectivity index (χ1v) is 15.1. The normalized spacial score (nSPS) is 19.3. The van der Waals surface area contributed by atoms with Gasteiger partial charge >= 0.3 is 0 Å². The summed E-state index contributed by atoms with van der Waals surface area (Å²) in [6, 6.07) is 6.10. The van der Waals surface area contributed by atoms with E-state index in [2.05, 4.69) is 48.1 Å². The molecular formula is C32H48N4O3. The van der Waals surface area contributed by atoms with E-state index in [-0.39, 0.29) is 23.3 Å². The Kier molecular flexibility index (Phi) is 9.86. The zero-order valence-electron chi connectivity index (χ0n) is 24.6. The molecule has 7 heteroatoms. The minimum atomic E-state index is -0.180. The SMILES string of the molecule is CCC(=O)CCCCC[C@H](NC(=O)[C@H]1CC12CCN(CC)CC2)c1ncc(-c2cc(C(C)C)ccc2OC)[nH]1. The maximum Gasteiger partial charge on any atom is 0.224 e. The van der Waals surface area contributed by atoms with Gasteiger partial charge in [0, 0.05) is 24.3 Å². The van der Waals surface area contributed by atoms with Crippen LogP contribution in [0.3, 0.4) is 0 Å². The minimum absolute atomic E-state index is 0.110. The van der Waals surface area contributed by atoms with Crippen LogP contribution in [0.15, 0.2) is 24.4 Å². The lowest BCUT2D eigenvalue weighted by Gasteiger charge is -2.32. The van der Waals surface area contributed by atoms with E-state index in [0.29, 0.717) is 24.5 Å². The number of hydrogen-bond donors (Lipinski definition) is 2. The summed E-state index contributed by atoms with van der Waals surface area (Å²) in [5.41, 5.74) is 3.31. The summed E-state index contributed by atoms with van der Waals surface area (Å²) in [5, 5.41) is 3.38. The smallest absolute Gasteiger partial charge is 0.224 e. The second-order valence-electron chi connectivity index (χ2n) is 11.9. The average molecular weight is 537 g/mol. The van der Waals surface area contributed by atoms with Gasteiger partial charge in [0.1, 0.15) is 17.4 Å². The van der Waals surface area contributed by atoms with Crippen molar-refractivity contribution in [2.75, 3.05) is 26.7 Å². The number of nitrogens with zero attached hydrogens (tertiary/aromatic N) is 2. The van der Waals surface area contributed by atoms with Crippen LogP contribution in [-0.4, -0.2) is 53.3 Å². The number of imidazole rings is 1. The van der Waals surface area contributed by atoms with Crippen molar-refractivity contribution in [1.29, 1.82) is 0 Å². The molecule has 214 valence electrons. The van der Waals surface area contributed by atoms with Crippen LogP contribution in [-0.2, 0) is 9.59 Å². The molecule has 2 atom stereocenters. The Morgan fingerprint density at radius 1 is 1.18 bits per heavy atom. The van der Waals surface area contributed by atoms with Crippen LogP contribution in [0.4, 0.5) is 0 Å². The highest BCUT2D eigenvalue weighted by Crippen LogP contribution is 2.59. The van der Waals surface area contributed by atoms with Gasteiger partial charge in [-0.1, -0.05) is 46.6 Å². The van der Waals surface area contributed by atoms with Crippen LogP contribution in [0.2, 0.25) is 0 Å². The lowest BCUT2D eigenvalue weighted by atomic mass is 9.90. The van der Waals surface area contributed by atoms with E-state index in [9.17, 15) is 9.59 Å². The average Bonchev–Trinajstić information content (AvgIpc) is 3.42. The molecule has 1 aromatic heterocycles. The van der Waals surface area contributed by atoms with Crippen molar-refractivity contribution in [3.8, 4) is 17.0 Å². The number of piperidine rings is 1. The van der Waals surface area contributed by atoms with E-state index >= 15 is 0 Å². The highest BCUT2D eigenvalue weighted by molar-refractivity contribution is 5.83. The molecule has 2 aliphatic rings. The molecule has 1 aromatic carbocycles. The minimum Gasteiger partial charge on any atom is -0.496 e. The number of aromatic nitrogens is 2. The van der Waals surface area contributed by atoms with Gasteiger partial charge in [0.05, 0.1) is 25.0 Å². The molecule has 1 aliphatic carbocycles. The van der Waals surface area contributed by atoms with Crippen molar-refractivity contribution in [3.05, 3.63) is 35.8 Å². The van der Waals surface area contributed by atoms with Crippen LogP contribution in [0.1, 0.15) is 109 Å². The molecule has 1 aliphatic heterocycles. The lowest BCUT2D eigenvalue weighted by molar-refractivity contribution is -0.124. The third kappa shape index (κ3) is 7.10. The highest BCUT2D eigenvalue weighted by Gasteiger charge is 2.58. The van der Waals surface area contributed by atoms with E-state index in [4.69, 9.17) is 9.72 Å². The summed E-state index contributed by atoms with van der Waals surface area (Å²) in [4.78, 5) is 36.0. The van der Waals surface area contributed by atoms with Crippen LogP contribution in [0.5, 0.6) is 5.75 Å². The number of likely N-dealkylation sites (tertiary alicyclic amines) is 1. The van der Waals surface area contributed by atoms with Crippen LogP contribution in [0.25, 0.3) is 11.3 Å². The van der Waals surface area contributed by atoms with Crippen molar-refractivity contribution in [3.63, 3.8) is 0 Å². The Morgan fingerprint density at radius 2 is 1.95 bits per heavy atom. The van der Waals surface area contributed by atoms with Gasteiger partial charge in [-0.05, 0) is 80.8 Å². The third-order valence-corrected chi connectivity index (χ3v) is 9.07. The largest absolute Gasteiger partial charge is 0.496 e. The van der Waals surface area contributed by atoms with E-state index in [0.717, 1.165) is 87.4 Å². The predicted octanol–water partition coefficient (Wildman–Crippen LogP) is 6.42. The number of ketones is 1. The molecule has 0 bridgehead atoms. The standard InChI is InChI=1S/C32H48N4O3/c1-6-24(37)11-9-8-10-12-27(35-31(38)26-20-32(26)15-17-36(7-2)18-16-32)30-33-21-28(34-30)25-19-23(22(3)4)13-14-29(25)39-5/h13-14,19,21-22,26-27H,6-12,15-18,20H2,1-5H3,(H,33,34)(H,35,38)/t26-,27+/m1/s1.